The first-order valence-corrected chi connectivity index (χ1v) is 9.63. The number of nitrogens with zero attached hydrogens (tertiary/aromatic N) is 1. The monoisotopic (exact) mass is 462 g/mol. The van der Waals surface area contributed by atoms with Crippen LogP contribution in [0.25, 0.3) is 0 Å². The number of esters is 3. The third-order valence-electron chi connectivity index (χ3n) is 4.42. The molecule has 1 N–H and O–H groups in total. The van der Waals surface area contributed by atoms with E-state index in [1.54, 1.807) is 0 Å². The second-order valence-electron chi connectivity index (χ2n) is 6.74. The van der Waals surface area contributed by atoms with Gasteiger partial charge in [0.15, 0.2) is 6.10 Å². The lowest BCUT2D eigenvalue weighted by atomic mass is 10.1. The first kappa shape index (κ1) is 23.7. The van der Waals surface area contributed by atoms with Gasteiger partial charge in [0.1, 0.15) is 11.8 Å². The summed E-state index contributed by atoms with van der Waals surface area (Å²) in [5.74, 6) is -2.30. The van der Waals surface area contributed by atoms with Crippen molar-refractivity contribution < 1.29 is 33.5 Å². The molecule has 1 aliphatic carbocycles. The number of carbonyl (C=O) groups is 3. The molecule has 164 valence electrons. The lowest BCUT2D eigenvalue weighted by molar-refractivity contribution is -0.384. The molecule has 0 saturated heterocycles. The molecule has 1 saturated carbocycles. The molecule has 0 radical (unpaired) electrons. The Bertz CT molecular complexity index is 863. The van der Waals surface area contributed by atoms with E-state index in [-0.39, 0.29) is 34.4 Å². The van der Waals surface area contributed by atoms with Crippen molar-refractivity contribution in [3.05, 3.63) is 32.3 Å². The fourth-order valence-electron chi connectivity index (χ4n) is 3.32. The van der Waals surface area contributed by atoms with Crippen molar-refractivity contribution in [3.63, 3.8) is 0 Å². The van der Waals surface area contributed by atoms with E-state index in [1.807, 2.05) is 0 Å². The number of rotatable bonds is 7. The van der Waals surface area contributed by atoms with Gasteiger partial charge < -0.3 is 19.5 Å². The van der Waals surface area contributed by atoms with Crippen molar-refractivity contribution in [2.24, 2.45) is 5.92 Å². The number of nitro benzene ring substituents is 1. The van der Waals surface area contributed by atoms with Gasteiger partial charge in [-0.2, -0.15) is 0 Å². The van der Waals surface area contributed by atoms with E-state index in [9.17, 15) is 24.5 Å². The summed E-state index contributed by atoms with van der Waals surface area (Å²) >= 11 is 11.9. The average Bonchev–Trinajstić information content (AvgIpc) is 2.91. The SMILES string of the molecule is CC(=O)OCC1CC(Nc2cc(Cl)c(Cl)cc2[N+](=O)[O-])C(OC(C)=O)C1OC(C)=O. The maximum absolute atomic E-state index is 11.7. The topological polar surface area (TPSA) is 134 Å². The minimum atomic E-state index is -0.985. The summed E-state index contributed by atoms with van der Waals surface area (Å²) in [6.45, 7) is 3.52. The Morgan fingerprint density at radius 1 is 1.07 bits per heavy atom. The molecular formula is C18H20Cl2N2O8. The zero-order valence-electron chi connectivity index (χ0n) is 16.3. The Hall–Kier alpha value is -2.59. The van der Waals surface area contributed by atoms with E-state index in [1.165, 1.54) is 26.8 Å². The lowest BCUT2D eigenvalue weighted by Gasteiger charge is -2.26. The summed E-state index contributed by atoms with van der Waals surface area (Å²) in [6.07, 6.45) is -1.69. The Kier molecular flexibility index (Phi) is 7.85. The van der Waals surface area contributed by atoms with E-state index in [0.717, 1.165) is 6.07 Å². The highest BCUT2D eigenvalue weighted by atomic mass is 35.5. The van der Waals surface area contributed by atoms with E-state index in [4.69, 9.17) is 37.4 Å². The van der Waals surface area contributed by atoms with Crippen molar-refractivity contribution in [3.8, 4) is 0 Å². The molecule has 1 aromatic carbocycles. The van der Waals surface area contributed by atoms with Crippen LogP contribution in [0.1, 0.15) is 27.2 Å². The van der Waals surface area contributed by atoms with Crippen LogP contribution >= 0.6 is 23.2 Å². The van der Waals surface area contributed by atoms with Crippen LogP contribution in [0.5, 0.6) is 0 Å². The number of nitro groups is 1. The molecule has 2 rings (SSSR count). The maximum atomic E-state index is 11.7. The molecule has 4 atom stereocenters. The molecule has 1 aromatic rings. The van der Waals surface area contributed by atoms with Crippen molar-refractivity contribution in [1.82, 2.24) is 0 Å². The van der Waals surface area contributed by atoms with Gasteiger partial charge in [0, 0.05) is 32.8 Å². The van der Waals surface area contributed by atoms with Crippen molar-refractivity contribution in [2.45, 2.75) is 45.4 Å². The maximum Gasteiger partial charge on any atom is 0.303 e. The molecule has 30 heavy (non-hydrogen) atoms. The third-order valence-corrected chi connectivity index (χ3v) is 5.14. The number of anilines is 1. The van der Waals surface area contributed by atoms with E-state index in [2.05, 4.69) is 5.32 Å². The van der Waals surface area contributed by atoms with Gasteiger partial charge in [-0.3, -0.25) is 24.5 Å². The highest BCUT2D eigenvalue weighted by Crippen LogP contribution is 2.38. The van der Waals surface area contributed by atoms with Crippen LogP contribution in [0.4, 0.5) is 11.4 Å². The fraction of sp³-hybridized carbons (Fsp3) is 0.500. The molecule has 12 heteroatoms. The van der Waals surface area contributed by atoms with Gasteiger partial charge in [0.05, 0.1) is 27.6 Å². The zero-order valence-corrected chi connectivity index (χ0v) is 17.9. The van der Waals surface area contributed by atoms with Crippen LogP contribution in [0.15, 0.2) is 12.1 Å². The number of hydrogen-bond donors (Lipinski definition) is 1. The molecule has 0 heterocycles. The Labute approximate surface area is 181 Å². The highest BCUT2D eigenvalue weighted by Gasteiger charge is 2.48. The Balaban J connectivity index is 2.39. The van der Waals surface area contributed by atoms with E-state index < -0.39 is 47.0 Å². The molecule has 0 spiro atoms. The molecular weight excluding hydrogens is 443 g/mol. The summed E-state index contributed by atoms with van der Waals surface area (Å²) in [7, 11) is 0. The second-order valence-corrected chi connectivity index (χ2v) is 7.55. The molecule has 1 fully saturated rings. The lowest BCUT2D eigenvalue weighted by Crippen LogP contribution is -2.41. The summed E-state index contributed by atoms with van der Waals surface area (Å²) in [4.78, 5) is 45.2. The van der Waals surface area contributed by atoms with Gasteiger partial charge in [-0.1, -0.05) is 23.2 Å². The predicted molar refractivity (Wildman–Crippen MR) is 106 cm³/mol. The van der Waals surface area contributed by atoms with Gasteiger partial charge in [-0.05, 0) is 12.5 Å². The van der Waals surface area contributed by atoms with Gasteiger partial charge in [-0.15, -0.1) is 0 Å². The Morgan fingerprint density at radius 3 is 2.17 bits per heavy atom. The molecule has 10 nitrogen and oxygen atoms in total. The summed E-state index contributed by atoms with van der Waals surface area (Å²) in [5, 5.41) is 14.4. The number of nitrogens with one attached hydrogen (secondary N) is 1. The summed E-state index contributed by atoms with van der Waals surface area (Å²) < 4.78 is 15.7. The standard InChI is InChI=1S/C18H20Cl2N2O8/c1-8(23)28-7-11-4-15(18(30-10(3)25)17(11)29-9(2)24)21-14-5-12(19)13(20)6-16(14)22(26)27/h5-6,11,15,17-18,21H,4,7H2,1-3H3. The summed E-state index contributed by atoms with van der Waals surface area (Å²) in [6, 6.07) is 1.68. The van der Waals surface area contributed by atoms with Gasteiger partial charge in [-0.25, -0.2) is 0 Å². The number of carbonyl (C=O) groups excluding carboxylic acids is 3. The minimum Gasteiger partial charge on any atom is -0.465 e. The van der Waals surface area contributed by atoms with Crippen LogP contribution in [-0.4, -0.2) is 47.7 Å². The fourth-order valence-corrected chi connectivity index (χ4v) is 3.64. The smallest absolute Gasteiger partial charge is 0.303 e. The molecule has 0 amide bonds. The van der Waals surface area contributed by atoms with Crippen molar-refractivity contribution in [2.75, 3.05) is 11.9 Å². The van der Waals surface area contributed by atoms with Crippen LogP contribution in [-0.2, 0) is 28.6 Å². The predicted octanol–water partition coefficient (Wildman–Crippen LogP) is 3.13. The van der Waals surface area contributed by atoms with E-state index >= 15 is 0 Å². The average molecular weight is 463 g/mol. The largest absolute Gasteiger partial charge is 0.465 e. The van der Waals surface area contributed by atoms with Crippen LogP contribution < -0.4 is 5.32 Å². The van der Waals surface area contributed by atoms with E-state index in [0.29, 0.717) is 0 Å². The Morgan fingerprint density at radius 2 is 1.63 bits per heavy atom. The van der Waals surface area contributed by atoms with Crippen molar-refractivity contribution in [1.29, 1.82) is 0 Å². The van der Waals surface area contributed by atoms with Gasteiger partial charge >= 0.3 is 17.9 Å². The number of halogens is 2. The first-order chi connectivity index (χ1) is 14.0. The second kappa shape index (κ2) is 9.94. The zero-order chi connectivity index (χ0) is 22.6. The minimum absolute atomic E-state index is 0.00222. The molecule has 0 aliphatic heterocycles. The van der Waals surface area contributed by atoms with Crippen LogP contribution in [0.3, 0.4) is 0 Å². The number of benzene rings is 1. The number of hydrogen-bond acceptors (Lipinski definition) is 9. The van der Waals surface area contributed by atoms with Gasteiger partial charge in [0.25, 0.3) is 5.69 Å². The van der Waals surface area contributed by atoms with Gasteiger partial charge in [0.2, 0.25) is 0 Å². The van der Waals surface area contributed by atoms with Crippen molar-refractivity contribution >= 4 is 52.5 Å². The quantitative estimate of drug-likeness (QED) is 0.280. The number of ether oxygens (including phenoxy) is 3. The van der Waals surface area contributed by atoms with Crippen LogP contribution in [0, 0.1) is 16.0 Å². The van der Waals surface area contributed by atoms with Crippen LogP contribution in [0.2, 0.25) is 10.0 Å². The molecule has 1 aliphatic rings. The molecule has 0 aromatic heterocycles. The molecule has 4 unspecified atom stereocenters. The summed E-state index contributed by atoms with van der Waals surface area (Å²) in [5.41, 5.74) is -0.287. The highest BCUT2D eigenvalue weighted by molar-refractivity contribution is 6.42. The third kappa shape index (κ3) is 5.96. The normalized spacial score (nSPS) is 22.8. The molecule has 0 bridgehead atoms. The first-order valence-electron chi connectivity index (χ1n) is 8.87.